The van der Waals surface area contributed by atoms with Gasteiger partial charge < -0.3 is 40.0 Å². The summed E-state index contributed by atoms with van der Waals surface area (Å²) >= 11 is 0. The minimum absolute atomic E-state index is 0.0167. The van der Waals surface area contributed by atoms with Gasteiger partial charge in [-0.25, -0.2) is 4.98 Å². The third-order valence-corrected chi connectivity index (χ3v) is 8.95. The number of amides is 4. The first-order chi connectivity index (χ1) is 26.0. The maximum atomic E-state index is 13.8. The third kappa shape index (κ3) is 10.7. The molecule has 54 heavy (non-hydrogen) atoms. The summed E-state index contributed by atoms with van der Waals surface area (Å²) in [5.41, 5.74) is 2.20. The number of nitrogens with one attached hydrogen (secondary N) is 3. The van der Waals surface area contributed by atoms with Gasteiger partial charge in [0.15, 0.2) is 11.5 Å². The van der Waals surface area contributed by atoms with Crippen molar-refractivity contribution in [2.75, 3.05) is 26.7 Å². The number of aliphatic hydroxyl groups is 1. The van der Waals surface area contributed by atoms with E-state index in [2.05, 4.69) is 31.2 Å². The van der Waals surface area contributed by atoms with Crippen LogP contribution in [0, 0.1) is 5.92 Å². The number of imidazole rings is 1. The minimum Gasteiger partial charge on any atom is -0.493 e. The van der Waals surface area contributed by atoms with Crippen LogP contribution >= 0.6 is 0 Å². The molecule has 0 unspecified atom stereocenters. The number of fused-ring (bicyclic) bond motifs is 4. The van der Waals surface area contributed by atoms with Gasteiger partial charge in [-0.05, 0) is 81.0 Å². The van der Waals surface area contributed by atoms with E-state index in [0.29, 0.717) is 55.9 Å². The number of aromatic nitrogens is 5. The average Bonchev–Trinajstić information content (AvgIpc) is 3.87. The highest BCUT2D eigenvalue weighted by Crippen LogP contribution is 2.29. The molecule has 1 aliphatic rings. The Morgan fingerprint density at radius 3 is 2.48 bits per heavy atom. The molecule has 4 bridgehead atoms. The highest BCUT2D eigenvalue weighted by molar-refractivity contribution is 5.99. The molecule has 1 aliphatic heterocycles. The quantitative estimate of drug-likeness (QED) is 0.228. The number of hydrogen-bond acceptors (Lipinski definition) is 10. The highest BCUT2D eigenvalue weighted by atomic mass is 16.5. The lowest BCUT2D eigenvalue weighted by molar-refractivity contribution is -0.132. The van der Waals surface area contributed by atoms with E-state index in [4.69, 9.17) is 9.47 Å². The molecule has 3 heterocycles. The Hall–Kier alpha value is -5.77. The van der Waals surface area contributed by atoms with Crippen molar-refractivity contribution in [2.45, 2.75) is 77.8 Å². The van der Waals surface area contributed by atoms with E-state index in [1.807, 2.05) is 36.7 Å². The first-order valence-corrected chi connectivity index (χ1v) is 18.2. The second-order valence-corrected chi connectivity index (χ2v) is 13.7. The molecule has 5 rings (SSSR count). The van der Waals surface area contributed by atoms with Gasteiger partial charge in [-0.3, -0.25) is 23.9 Å². The number of methoxy groups -OCH3 is 1. The minimum atomic E-state index is -1.26. The maximum absolute atomic E-state index is 13.8. The number of hydrogen-bond donors (Lipinski definition) is 4. The van der Waals surface area contributed by atoms with E-state index in [-0.39, 0.29) is 42.7 Å². The Labute approximate surface area is 314 Å². The fourth-order valence-electron chi connectivity index (χ4n) is 6.06. The molecular weight excluding hydrogens is 694 g/mol. The average molecular weight is 744 g/mol. The molecule has 0 fully saturated rings. The number of aliphatic hydroxyl groups excluding tert-OH is 1. The van der Waals surface area contributed by atoms with Gasteiger partial charge in [0, 0.05) is 55.4 Å². The van der Waals surface area contributed by atoms with Crippen molar-refractivity contribution in [1.29, 1.82) is 0 Å². The maximum Gasteiger partial charge on any atom is 0.253 e. The van der Waals surface area contributed by atoms with Gasteiger partial charge in [-0.2, -0.15) is 0 Å². The Kier molecular flexibility index (Phi) is 13.7. The van der Waals surface area contributed by atoms with Gasteiger partial charge in [0.2, 0.25) is 11.8 Å². The molecule has 0 spiro atoms. The summed E-state index contributed by atoms with van der Waals surface area (Å²) in [6.45, 7) is 6.91. The van der Waals surface area contributed by atoms with Crippen LogP contribution in [0.25, 0.3) is 5.69 Å². The summed E-state index contributed by atoms with van der Waals surface area (Å²) in [7, 11) is 1.49. The Balaban J connectivity index is 1.36. The number of benzene rings is 2. The van der Waals surface area contributed by atoms with Crippen LogP contribution in [0.2, 0.25) is 0 Å². The number of rotatable bonds is 6. The predicted molar refractivity (Wildman–Crippen MR) is 198 cm³/mol. The molecule has 3 atom stereocenters. The van der Waals surface area contributed by atoms with Gasteiger partial charge in [0.05, 0.1) is 25.7 Å². The second-order valence-electron chi connectivity index (χ2n) is 13.7. The van der Waals surface area contributed by atoms with Crippen LogP contribution in [-0.2, 0) is 22.7 Å². The Morgan fingerprint density at radius 2 is 1.78 bits per heavy atom. The lowest BCUT2D eigenvalue weighted by Crippen LogP contribution is -2.57. The van der Waals surface area contributed by atoms with Crippen LogP contribution in [-0.4, -0.2) is 103 Å². The molecule has 2 aromatic heterocycles. The van der Waals surface area contributed by atoms with E-state index in [9.17, 15) is 24.3 Å². The number of ether oxygens (including phenoxy) is 2. The summed E-state index contributed by atoms with van der Waals surface area (Å²) in [5, 5.41) is 27.2. The Bertz CT molecular complexity index is 1860. The van der Waals surface area contributed by atoms with Crippen molar-refractivity contribution in [3.8, 4) is 17.2 Å². The van der Waals surface area contributed by atoms with Crippen molar-refractivity contribution < 1.29 is 33.8 Å². The van der Waals surface area contributed by atoms with Crippen molar-refractivity contribution in [1.82, 2.24) is 45.4 Å². The zero-order valence-electron chi connectivity index (χ0n) is 31.1. The van der Waals surface area contributed by atoms with Gasteiger partial charge in [0.25, 0.3) is 11.8 Å². The summed E-state index contributed by atoms with van der Waals surface area (Å²) in [4.78, 5) is 59.8. The number of aryl methyl sites for hydroxylation is 1. The van der Waals surface area contributed by atoms with E-state index in [0.717, 1.165) is 5.69 Å². The molecule has 4 N–H and O–H groups in total. The molecular formula is C38H49N9O7. The molecule has 0 saturated heterocycles. The highest BCUT2D eigenvalue weighted by Gasteiger charge is 2.30. The predicted octanol–water partition coefficient (Wildman–Crippen LogP) is 2.50. The van der Waals surface area contributed by atoms with Crippen LogP contribution < -0.4 is 25.4 Å². The van der Waals surface area contributed by atoms with E-state index in [1.165, 1.54) is 20.1 Å². The summed E-state index contributed by atoms with van der Waals surface area (Å²) in [6, 6.07) is 9.74. The second kappa shape index (κ2) is 18.8. The van der Waals surface area contributed by atoms with E-state index in [1.54, 1.807) is 52.6 Å². The summed E-state index contributed by atoms with van der Waals surface area (Å²) in [5.74, 6) is -1.11. The first-order valence-electron chi connectivity index (χ1n) is 18.2. The molecule has 2 aromatic carbocycles. The largest absolute Gasteiger partial charge is 0.493 e. The number of carbonyl (C=O) groups is 4. The zero-order valence-corrected chi connectivity index (χ0v) is 31.1. The molecule has 4 aromatic rings. The molecule has 4 amide bonds. The smallest absolute Gasteiger partial charge is 0.253 e. The normalized spacial score (nSPS) is 18.8. The van der Waals surface area contributed by atoms with Crippen LogP contribution in [0.5, 0.6) is 11.5 Å². The molecule has 288 valence electrons. The third-order valence-electron chi connectivity index (χ3n) is 8.95. The molecule has 0 aliphatic carbocycles. The molecule has 16 nitrogen and oxygen atoms in total. The summed E-state index contributed by atoms with van der Waals surface area (Å²) in [6.07, 6.45) is 7.76. The van der Waals surface area contributed by atoms with Crippen LogP contribution in [0.4, 0.5) is 0 Å². The summed E-state index contributed by atoms with van der Waals surface area (Å²) < 4.78 is 15.0. The van der Waals surface area contributed by atoms with Gasteiger partial charge in [-0.1, -0.05) is 19.1 Å². The van der Waals surface area contributed by atoms with Gasteiger partial charge >= 0.3 is 0 Å². The van der Waals surface area contributed by atoms with Crippen molar-refractivity contribution in [3.63, 3.8) is 0 Å². The first kappa shape index (κ1) is 39.4. The van der Waals surface area contributed by atoms with Crippen molar-refractivity contribution >= 4 is 23.6 Å². The molecule has 0 saturated carbocycles. The lowest BCUT2D eigenvalue weighted by Gasteiger charge is -2.26. The standard InChI is InChI=1S/C38H49N9O7/c1-25(2)20-31-36(50)42-34(26(3)48)37(51)40-14-5-6-16-45(38(52)27-8-11-30(12-9-27)46-19-15-39-24-46)17-7-18-47-22-29(43-44-47)23-54-33-21-28(35(49)41-31)10-13-32(33)53-4/h8-13,15,19,21-22,24-26,31,34,48H,5-7,14,16-18,20,23H2,1-4H3,(H,40,51)(H,41,49)(H,42,50)/t26-,31-,34+/m1/s1. The molecule has 0 radical (unpaired) electrons. The fourth-order valence-corrected chi connectivity index (χ4v) is 6.06. The van der Waals surface area contributed by atoms with Crippen molar-refractivity contribution in [2.24, 2.45) is 5.92 Å². The van der Waals surface area contributed by atoms with Crippen LogP contribution in [0.15, 0.2) is 67.4 Å². The van der Waals surface area contributed by atoms with Crippen LogP contribution in [0.3, 0.4) is 0 Å². The van der Waals surface area contributed by atoms with E-state index >= 15 is 0 Å². The zero-order chi connectivity index (χ0) is 38.6. The van der Waals surface area contributed by atoms with Crippen molar-refractivity contribution in [3.05, 3.63) is 84.2 Å². The monoisotopic (exact) mass is 743 g/mol. The van der Waals surface area contributed by atoms with E-state index < -0.39 is 35.9 Å². The molecule has 16 heteroatoms. The van der Waals surface area contributed by atoms with Gasteiger partial charge in [-0.15, -0.1) is 5.10 Å². The SMILES string of the molecule is COc1ccc2cc1OCc1cn(nn1)CCCN(C(=O)c1ccc(-n3ccnc3)cc1)CCCCNC(=O)[C@H]([C@@H](C)O)NC(=O)[C@@H](CC(C)C)NC2=O. The Morgan fingerprint density at radius 1 is 1.00 bits per heavy atom. The van der Waals surface area contributed by atoms with Gasteiger partial charge in [0.1, 0.15) is 24.4 Å². The number of carbonyl (C=O) groups excluding carboxylic acids is 4. The number of nitrogens with zero attached hydrogens (tertiary/aromatic N) is 6. The lowest BCUT2D eigenvalue weighted by atomic mass is 10.0. The topological polar surface area (TPSA) is 195 Å². The van der Waals surface area contributed by atoms with Crippen LogP contribution in [0.1, 0.15) is 72.9 Å². The fraction of sp³-hybridized carbons (Fsp3) is 0.447.